The second kappa shape index (κ2) is 7.50. The Morgan fingerprint density at radius 2 is 1.86 bits per heavy atom. The molecule has 0 bridgehead atoms. The number of amides is 1. The van der Waals surface area contributed by atoms with Gasteiger partial charge in [-0.05, 0) is 39.9 Å². The van der Waals surface area contributed by atoms with E-state index in [1.54, 1.807) is 6.07 Å². The van der Waals surface area contributed by atoms with Crippen LogP contribution in [0.3, 0.4) is 0 Å². The minimum absolute atomic E-state index is 0.0657. The zero-order chi connectivity index (χ0) is 16.2. The lowest BCUT2D eigenvalue weighted by molar-refractivity contribution is 0.0712. The van der Waals surface area contributed by atoms with Crippen molar-refractivity contribution in [2.24, 2.45) is 5.92 Å². The van der Waals surface area contributed by atoms with E-state index in [2.05, 4.69) is 32.6 Å². The largest absolute Gasteiger partial charge is 0.397 e. The average Bonchev–Trinajstić information content (AvgIpc) is 2.75. The van der Waals surface area contributed by atoms with Crippen LogP contribution >= 0.6 is 0 Å². The zero-order valence-electron chi connectivity index (χ0n) is 14.3. The number of carbonyl (C=O) groups excluding carboxylic acids is 1. The van der Waals surface area contributed by atoms with Crippen LogP contribution in [0.1, 0.15) is 44.2 Å². The van der Waals surface area contributed by atoms with Crippen molar-refractivity contribution in [3.05, 3.63) is 18.0 Å². The SMILES string of the molecule is CC(C)CN(CCN(C)C)C(=O)c1cc(N)cn1C(C)C. The van der Waals surface area contributed by atoms with E-state index in [1.807, 2.05) is 29.8 Å². The molecule has 120 valence electrons. The van der Waals surface area contributed by atoms with Gasteiger partial charge in [-0.3, -0.25) is 4.79 Å². The van der Waals surface area contributed by atoms with Crippen LogP contribution in [-0.2, 0) is 0 Å². The first-order valence-corrected chi connectivity index (χ1v) is 7.63. The molecule has 0 aliphatic carbocycles. The summed E-state index contributed by atoms with van der Waals surface area (Å²) in [6, 6.07) is 2.00. The van der Waals surface area contributed by atoms with Crippen LogP contribution < -0.4 is 5.73 Å². The number of anilines is 1. The fourth-order valence-corrected chi connectivity index (χ4v) is 2.30. The van der Waals surface area contributed by atoms with E-state index in [9.17, 15) is 4.79 Å². The van der Waals surface area contributed by atoms with E-state index in [0.29, 0.717) is 17.3 Å². The quantitative estimate of drug-likeness (QED) is 0.839. The van der Waals surface area contributed by atoms with E-state index in [0.717, 1.165) is 19.6 Å². The van der Waals surface area contributed by atoms with Crippen LogP contribution in [0.15, 0.2) is 12.3 Å². The average molecular weight is 294 g/mol. The standard InChI is InChI=1S/C16H30N4O/c1-12(2)10-19(8-7-18(5)6)16(21)15-9-14(17)11-20(15)13(3)4/h9,11-13H,7-8,10,17H2,1-6H3. The molecule has 0 atom stereocenters. The summed E-state index contributed by atoms with van der Waals surface area (Å²) < 4.78 is 1.96. The number of aromatic nitrogens is 1. The van der Waals surface area contributed by atoms with E-state index >= 15 is 0 Å². The van der Waals surface area contributed by atoms with Crippen molar-refractivity contribution < 1.29 is 4.79 Å². The Morgan fingerprint density at radius 1 is 1.24 bits per heavy atom. The molecule has 1 heterocycles. The monoisotopic (exact) mass is 294 g/mol. The van der Waals surface area contributed by atoms with Crippen molar-refractivity contribution >= 4 is 11.6 Å². The van der Waals surface area contributed by atoms with Crippen LogP contribution in [0, 0.1) is 5.92 Å². The molecule has 1 amide bonds. The smallest absolute Gasteiger partial charge is 0.270 e. The van der Waals surface area contributed by atoms with Crippen molar-refractivity contribution in [2.75, 3.05) is 39.5 Å². The molecule has 0 unspecified atom stereocenters. The van der Waals surface area contributed by atoms with Crippen LogP contribution in [0.2, 0.25) is 0 Å². The number of hydrogen-bond acceptors (Lipinski definition) is 3. The topological polar surface area (TPSA) is 54.5 Å². The van der Waals surface area contributed by atoms with Crippen molar-refractivity contribution in [2.45, 2.75) is 33.7 Å². The summed E-state index contributed by atoms with van der Waals surface area (Å²) in [5, 5.41) is 0. The lowest BCUT2D eigenvalue weighted by Gasteiger charge is -2.27. The number of hydrogen-bond donors (Lipinski definition) is 1. The molecule has 0 saturated carbocycles. The second-order valence-electron chi connectivity index (χ2n) is 6.61. The van der Waals surface area contributed by atoms with Gasteiger partial charge in [0.05, 0.1) is 5.69 Å². The highest BCUT2D eigenvalue weighted by atomic mass is 16.2. The Hall–Kier alpha value is -1.49. The summed E-state index contributed by atoms with van der Waals surface area (Å²) in [6.45, 7) is 10.7. The number of nitrogen functional groups attached to an aromatic ring is 1. The molecule has 1 rings (SSSR count). The molecule has 1 aromatic heterocycles. The fraction of sp³-hybridized carbons (Fsp3) is 0.688. The molecule has 0 radical (unpaired) electrons. The van der Waals surface area contributed by atoms with E-state index in [4.69, 9.17) is 5.73 Å². The van der Waals surface area contributed by atoms with Crippen LogP contribution in [0.5, 0.6) is 0 Å². The third-order valence-electron chi connectivity index (χ3n) is 3.34. The Morgan fingerprint density at radius 3 is 2.33 bits per heavy atom. The number of nitrogens with zero attached hydrogens (tertiary/aromatic N) is 3. The van der Waals surface area contributed by atoms with Crippen LogP contribution in [0.25, 0.3) is 0 Å². The Kier molecular flexibility index (Phi) is 6.27. The predicted molar refractivity (Wildman–Crippen MR) is 88.5 cm³/mol. The lowest BCUT2D eigenvalue weighted by atomic mass is 10.2. The summed E-state index contributed by atoms with van der Waals surface area (Å²) in [5.41, 5.74) is 7.20. The summed E-state index contributed by atoms with van der Waals surface area (Å²) in [4.78, 5) is 16.9. The molecular formula is C16H30N4O. The molecule has 0 fully saturated rings. The van der Waals surface area contributed by atoms with Gasteiger partial charge in [-0.2, -0.15) is 0 Å². The van der Waals surface area contributed by atoms with Gasteiger partial charge in [0, 0.05) is 31.9 Å². The van der Waals surface area contributed by atoms with Gasteiger partial charge in [0.2, 0.25) is 0 Å². The Bertz CT molecular complexity index is 463. The van der Waals surface area contributed by atoms with Crippen molar-refractivity contribution in [1.29, 1.82) is 0 Å². The molecule has 1 aromatic rings. The fourth-order valence-electron chi connectivity index (χ4n) is 2.30. The van der Waals surface area contributed by atoms with Gasteiger partial charge in [-0.25, -0.2) is 0 Å². The number of carbonyl (C=O) groups is 1. The van der Waals surface area contributed by atoms with Gasteiger partial charge < -0.3 is 20.1 Å². The zero-order valence-corrected chi connectivity index (χ0v) is 14.3. The molecule has 5 heteroatoms. The third-order valence-corrected chi connectivity index (χ3v) is 3.34. The Balaban J connectivity index is 2.98. The van der Waals surface area contributed by atoms with Gasteiger partial charge in [-0.1, -0.05) is 13.8 Å². The maximum absolute atomic E-state index is 12.9. The number of nitrogens with two attached hydrogens (primary N) is 1. The molecule has 21 heavy (non-hydrogen) atoms. The first kappa shape index (κ1) is 17.6. The highest BCUT2D eigenvalue weighted by Crippen LogP contribution is 2.18. The maximum atomic E-state index is 12.9. The van der Waals surface area contributed by atoms with Gasteiger partial charge in [-0.15, -0.1) is 0 Å². The van der Waals surface area contributed by atoms with Gasteiger partial charge >= 0.3 is 0 Å². The predicted octanol–water partition coefficient (Wildman–Crippen LogP) is 2.31. The summed E-state index contributed by atoms with van der Waals surface area (Å²) in [6.07, 6.45) is 1.84. The van der Waals surface area contributed by atoms with E-state index in [1.165, 1.54) is 0 Å². The third kappa shape index (κ3) is 5.08. The molecular weight excluding hydrogens is 264 g/mol. The minimum Gasteiger partial charge on any atom is -0.397 e. The maximum Gasteiger partial charge on any atom is 0.270 e. The highest BCUT2D eigenvalue weighted by molar-refractivity contribution is 5.94. The van der Waals surface area contributed by atoms with Gasteiger partial charge in [0.15, 0.2) is 0 Å². The first-order valence-electron chi connectivity index (χ1n) is 7.63. The van der Waals surface area contributed by atoms with Gasteiger partial charge in [0.25, 0.3) is 5.91 Å². The molecule has 2 N–H and O–H groups in total. The summed E-state index contributed by atoms with van der Waals surface area (Å²) in [7, 11) is 4.04. The Labute approximate surface area is 128 Å². The molecule has 0 aliphatic heterocycles. The molecule has 0 aromatic carbocycles. The highest BCUT2D eigenvalue weighted by Gasteiger charge is 2.21. The summed E-state index contributed by atoms with van der Waals surface area (Å²) >= 11 is 0. The van der Waals surface area contributed by atoms with Crippen molar-refractivity contribution in [3.63, 3.8) is 0 Å². The van der Waals surface area contributed by atoms with E-state index in [-0.39, 0.29) is 11.9 Å². The van der Waals surface area contributed by atoms with Gasteiger partial charge in [0.1, 0.15) is 5.69 Å². The first-order chi connectivity index (χ1) is 9.72. The van der Waals surface area contributed by atoms with Crippen molar-refractivity contribution in [1.82, 2.24) is 14.4 Å². The normalized spacial score (nSPS) is 11.7. The number of rotatable bonds is 7. The molecule has 0 aliphatic rings. The second-order valence-corrected chi connectivity index (χ2v) is 6.61. The lowest BCUT2D eigenvalue weighted by Crippen LogP contribution is -2.39. The minimum atomic E-state index is 0.0657. The number of likely N-dealkylation sites (N-methyl/N-ethyl adjacent to an activating group) is 1. The van der Waals surface area contributed by atoms with E-state index < -0.39 is 0 Å². The molecule has 0 spiro atoms. The van der Waals surface area contributed by atoms with Crippen LogP contribution in [0.4, 0.5) is 5.69 Å². The van der Waals surface area contributed by atoms with Crippen molar-refractivity contribution in [3.8, 4) is 0 Å². The van der Waals surface area contributed by atoms with Crippen LogP contribution in [-0.4, -0.2) is 54.0 Å². The summed E-state index contributed by atoms with van der Waals surface area (Å²) in [5.74, 6) is 0.506. The molecule has 0 saturated heterocycles. The molecule has 5 nitrogen and oxygen atoms in total.